The molecule has 1 atom stereocenters. The molecule has 0 heterocycles. The maximum Gasteiger partial charge on any atom is 0.407 e. The zero-order valence-electron chi connectivity index (χ0n) is 14.5. The highest BCUT2D eigenvalue weighted by Crippen LogP contribution is 2.44. The number of carbonyl (C=O) groups is 1. The van der Waals surface area contributed by atoms with Gasteiger partial charge in [-0.3, -0.25) is 0 Å². The second-order valence-electron chi connectivity index (χ2n) is 6.61. The number of methoxy groups -OCH3 is 1. The first-order valence-corrected chi connectivity index (χ1v) is 8.32. The van der Waals surface area contributed by atoms with Crippen LogP contribution in [0, 0.1) is 0 Å². The van der Waals surface area contributed by atoms with Gasteiger partial charge in [0.15, 0.2) is 0 Å². The SMILES string of the molecule is COCC(C)(O)CNC(=O)OCC1c2ccccc2-c2ccccc21. The normalized spacial score (nSPS) is 15.2. The van der Waals surface area contributed by atoms with Crippen LogP contribution in [0.25, 0.3) is 11.1 Å². The lowest BCUT2D eigenvalue weighted by atomic mass is 9.98. The molecule has 0 radical (unpaired) electrons. The molecule has 1 amide bonds. The minimum absolute atomic E-state index is 0.0256. The summed E-state index contributed by atoms with van der Waals surface area (Å²) in [5.74, 6) is 0.0256. The van der Waals surface area contributed by atoms with Crippen LogP contribution < -0.4 is 5.32 Å². The van der Waals surface area contributed by atoms with E-state index in [1.165, 1.54) is 29.4 Å². The first-order valence-electron chi connectivity index (χ1n) is 8.32. The summed E-state index contributed by atoms with van der Waals surface area (Å²) in [6.45, 7) is 2.06. The molecule has 5 nitrogen and oxygen atoms in total. The third kappa shape index (κ3) is 3.83. The van der Waals surface area contributed by atoms with Crippen LogP contribution in [0.1, 0.15) is 24.0 Å². The molecule has 0 saturated heterocycles. The molecular weight excluding hydrogens is 318 g/mol. The quantitative estimate of drug-likeness (QED) is 0.848. The van der Waals surface area contributed by atoms with E-state index >= 15 is 0 Å². The molecule has 0 bridgehead atoms. The Bertz CT molecular complexity index is 711. The molecule has 1 aliphatic carbocycles. The highest BCUT2D eigenvalue weighted by molar-refractivity contribution is 5.79. The maximum absolute atomic E-state index is 12.0. The number of rotatable bonds is 6. The average molecular weight is 341 g/mol. The predicted molar refractivity (Wildman–Crippen MR) is 95.6 cm³/mol. The van der Waals surface area contributed by atoms with E-state index in [2.05, 4.69) is 29.6 Å². The summed E-state index contributed by atoms with van der Waals surface area (Å²) in [5, 5.41) is 12.6. The van der Waals surface area contributed by atoms with Crippen molar-refractivity contribution in [2.24, 2.45) is 0 Å². The van der Waals surface area contributed by atoms with Crippen LogP contribution >= 0.6 is 0 Å². The molecule has 0 aliphatic heterocycles. The van der Waals surface area contributed by atoms with E-state index in [1.807, 2.05) is 24.3 Å². The molecule has 1 unspecified atom stereocenters. The molecule has 1 aliphatic rings. The molecule has 3 rings (SSSR count). The van der Waals surface area contributed by atoms with E-state index < -0.39 is 11.7 Å². The molecule has 0 spiro atoms. The lowest BCUT2D eigenvalue weighted by molar-refractivity contribution is -0.0154. The van der Waals surface area contributed by atoms with Crippen molar-refractivity contribution in [1.29, 1.82) is 0 Å². The first-order chi connectivity index (χ1) is 12.0. The molecule has 25 heavy (non-hydrogen) atoms. The molecule has 132 valence electrons. The van der Waals surface area contributed by atoms with Gasteiger partial charge in [-0.05, 0) is 29.2 Å². The fourth-order valence-corrected chi connectivity index (χ4v) is 3.27. The number of alkyl carbamates (subject to hydrolysis) is 1. The number of aliphatic hydroxyl groups is 1. The van der Waals surface area contributed by atoms with Crippen LogP contribution in [0.15, 0.2) is 48.5 Å². The number of amides is 1. The van der Waals surface area contributed by atoms with Gasteiger partial charge in [0.2, 0.25) is 0 Å². The minimum Gasteiger partial charge on any atom is -0.449 e. The van der Waals surface area contributed by atoms with E-state index in [0.29, 0.717) is 0 Å². The predicted octanol–water partition coefficient (Wildman–Crippen LogP) is 2.92. The summed E-state index contributed by atoms with van der Waals surface area (Å²) in [5.41, 5.74) is 3.59. The van der Waals surface area contributed by atoms with Crippen LogP contribution in [0.2, 0.25) is 0 Å². The van der Waals surface area contributed by atoms with Crippen molar-refractivity contribution in [2.45, 2.75) is 18.4 Å². The van der Waals surface area contributed by atoms with Gasteiger partial charge in [0, 0.05) is 13.0 Å². The summed E-state index contributed by atoms with van der Waals surface area (Å²) >= 11 is 0. The average Bonchev–Trinajstić information content (AvgIpc) is 2.92. The smallest absolute Gasteiger partial charge is 0.407 e. The van der Waals surface area contributed by atoms with Gasteiger partial charge >= 0.3 is 6.09 Å². The molecule has 2 N–H and O–H groups in total. The number of ether oxygens (including phenoxy) is 2. The van der Waals surface area contributed by atoms with E-state index in [4.69, 9.17) is 9.47 Å². The van der Waals surface area contributed by atoms with Gasteiger partial charge in [0.05, 0.1) is 13.2 Å². The third-order valence-electron chi connectivity index (χ3n) is 4.41. The van der Waals surface area contributed by atoms with Crippen molar-refractivity contribution in [1.82, 2.24) is 5.32 Å². The standard InChI is InChI=1S/C20H23NO4/c1-20(23,13-24-2)12-21-19(22)25-11-18-16-9-5-3-7-14(16)15-8-4-6-10-17(15)18/h3-10,18,23H,11-13H2,1-2H3,(H,21,22). The number of hydrogen-bond acceptors (Lipinski definition) is 4. The van der Waals surface area contributed by atoms with Crippen molar-refractivity contribution >= 4 is 6.09 Å². The van der Waals surface area contributed by atoms with Gasteiger partial charge in [-0.25, -0.2) is 4.79 Å². The van der Waals surface area contributed by atoms with Crippen LogP contribution in [-0.2, 0) is 9.47 Å². The van der Waals surface area contributed by atoms with Gasteiger partial charge in [0.1, 0.15) is 12.2 Å². The summed E-state index contributed by atoms with van der Waals surface area (Å²) < 4.78 is 10.3. The fraction of sp³-hybridized carbons (Fsp3) is 0.350. The molecule has 0 saturated carbocycles. The Morgan fingerprint density at radius 2 is 1.68 bits per heavy atom. The molecule has 2 aromatic carbocycles. The minimum atomic E-state index is -1.12. The van der Waals surface area contributed by atoms with E-state index in [0.717, 1.165) is 0 Å². The first kappa shape index (κ1) is 17.5. The Labute approximate surface area is 147 Å². The zero-order chi connectivity index (χ0) is 17.9. The van der Waals surface area contributed by atoms with Gasteiger partial charge in [-0.2, -0.15) is 0 Å². The Hall–Kier alpha value is -2.37. The molecule has 2 aromatic rings. The van der Waals surface area contributed by atoms with Gasteiger partial charge in [-0.1, -0.05) is 48.5 Å². The lowest BCUT2D eigenvalue weighted by Gasteiger charge is -2.22. The third-order valence-corrected chi connectivity index (χ3v) is 4.41. The maximum atomic E-state index is 12.0. The number of carbonyl (C=O) groups excluding carboxylic acids is 1. The topological polar surface area (TPSA) is 67.8 Å². The van der Waals surface area contributed by atoms with Gasteiger partial charge in [-0.15, -0.1) is 0 Å². The van der Waals surface area contributed by atoms with Crippen LogP contribution in [0.4, 0.5) is 4.79 Å². The van der Waals surface area contributed by atoms with Crippen LogP contribution in [-0.4, -0.2) is 43.7 Å². The zero-order valence-corrected chi connectivity index (χ0v) is 14.5. The van der Waals surface area contributed by atoms with E-state index in [1.54, 1.807) is 6.92 Å². The van der Waals surface area contributed by atoms with Crippen molar-refractivity contribution in [3.8, 4) is 11.1 Å². The number of hydrogen-bond donors (Lipinski definition) is 2. The molecule has 0 aromatic heterocycles. The van der Waals surface area contributed by atoms with Gasteiger partial charge < -0.3 is 19.9 Å². The van der Waals surface area contributed by atoms with E-state index in [-0.39, 0.29) is 25.7 Å². The molecular formula is C20H23NO4. The summed E-state index contributed by atoms with van der Waals surface area (Å²) in [7, 11) is 1.50. The van der Waals surface area contributed by atoms with Crippen molar-refractivity contribution in [3.63, 3.8) is 0 Å². The number of benzene rings is 2. The van der Waals surface area contributed by atoms with Crippen molar-refractivity contribution < 1.29 is 19.4 Å². The second kappa shape index (κ2) is 7.25. The summed E-state index contributed by atoms with van der Waals surface area (Å²) in [4.78, 5) is 12.0. The Kier molecular flexibility index (Phi) is 5.06. The number of nitrogens with one attached hydrogen (secondary N) is 1. The Morgan fingerprint density at radius 1 is 1.12 bits per heavy atom. The monoisotopic (exact) mass is 341 g/mol. The molecule has 5 heteroatoms. The van der Waals surface area contributed by atoms with Crippen LogP contribution in [0.5, 0.6) is 0 Å². The summed E-state index contributed by atoms with van der Waals surface area (Å²) in [6.07, 6.45) is -0.543. The number of fused-ring (bicyclic) bond motifs is 3. The summed E-state index contributed by atoms with van der Waals surface area (Å²) in [6, 6.07) is 16.4. The van der Waals surface area contributed by atoms with E-state index in [9.17, 15) is 9.90 Å². The lowest BCUT2D eigenvalue weighted by Crippen LogP contribution is -2.44. The van der Waals surface area contributed by atoms with Crippen LogP contribution in [0.3, 0.4) is 0 Å². The Morgan fingerprint density at radius 3 is 2.24 bits per heavy atom. The largest absolute Gasteiger partial charge is 0.449 e. The fourth-order valence-electron chi connectivity index (χ4n) is 3.27. The van der Waals surface area contributed by atoms with Gasteiger partial charge in [0.25, 0.3) is 0 Å². The highest BCUT2D eigenvalue weighted by Gasteiger charge is 2.29. The Balaban J connectivity index is 1.65. The highest BCUT2D eigenvalue weighted by atomic mass is 16.5. The van der Waals surface area contributed by atoms with Crippen molar-refractivity contribution in [3.05, 3.63) is 59.7 Å². The second-order valence-corrected chi connectivity index (χ2v) is 6.61. The van der Waals surface area contributed by atoms with Crippen molar-refractivity contribution in [2.75, 3.05) is 26.9 Å². The molecule has 0 fully saturated rings.